The Balaban J connectivity index is 0. The van der Waals surface area contributed by atoms with Crippen LogP contribution in [-0.4, -0.2) is 56.9 Å². The molecule has 1 aliphatic carbocycles. The summed E-state index contributed by atoms with van der Waals surface area (Å²) in [6.45, 7) is 8.14. The molecular weight excluding hydrogens is 295 g/mol. The fraction of sp³-hybridized carbons (Fsp3) is 0.800. The van der Waals surface area contributed by atoms with Crippen molar-refractivity contribution in [3.8, 4) is 0 Å². The predicted molar refractivity (Wildman–Crippen MR) is 91.2 cm³/mol. The Bertz CT molecular complexity index is 353. The van der Waals surface area contributed by atoms with Crippen LogP contribution in [0.1, 0.15) is 27.2 Å². The van der Waals surface area contributed by atoms with Crippen LogP contribution in [0.5, 0.6) is 0 Å². The summed E-state index contributed by atoms with van der Waals surface area (Å²) >= 11 is 0. The third-order valence-electron chi connectivity index (χ3n) is 4.04. The Hall–Kier alpha value is -0.0900. The Morgan fingerprint density at radius 3 is 1.75 bits per heavy atom. The molecule has 0 heterocycles. The standard InChI is InChI=1S/C15H28N2O.2ClH/c1-12-8-13(18)15(10-16(4)5,11-17(6)7)14(2,3)9-12;;/h8H,9-11H2,1-7H3;2*1H. The lowest BCUT2D eigenvalue weighted by Gasteiger charge is -2.50. The van der Waals surface area contributed by atoms with Gasteiger partial charge in [0.15, 0.2) is 5.78 Å². The van der Waals surface area contributed by atoms with Gasteiger partial charge < -0.3 is 9.80 Å². The molecule has 0 fully saturated rings. The summed E-state index contributed by atoms with van der Waals surface area (Å²) in [5, 5.41) is 0. The van der Waals surface area contributed by atoms with Crippen molar-refractivity contribution >= 4 is 30.6 Å². The highest BCUT2D eigenvalue weighted by atomic mass is 35.5. The number of ketones is 1. The van der Waals surface area contributed by atoms with Gasteiger partial charge in [-0.25, -0.2) is 0 Å². The van der Waals surface area contributed by atoms with Crippen molar-refractivity contribution in [2.24, 2.45) is 10.8 Å². The Morgan fingerprint density at radius 1 is 1.05 bits per heavy atom. The highest BCUT2D eigenvalue weighted by Gasteiger charge is 2.52. The van der Waals surface area contributed by atoms with Crippen LogP contribution < -0.4 is 0 Å². The monoisotopic (exact) mass is 324 g/mol. The first-order valence-electron chi connectivity index (χ1n) is 6.62. The molecule has 0 N–H and O–H groups in total. The Labute approximate surface area is 136 Å². The van der Waals surface area contributed by atoms with E-state index in [-0.39, 0.29) is 35.6 Å². The first-order chi connectivity index (χ1) is 8.10. The second kappa shape index (κ2) is 7.79. The maximum Gasteiger partial charge on any atom is 0.164 e. The lowest BCUT2D eigenvalue weighted by atomic mass is 9.57. The van der Waals surface area contributed by atoms with Gasteiger partial charge in [0.1, 0.15) is 0 Å². The molecule has 3 nitrogen and oxygen atoms in total. The van der Waals surface area contributed by atoms with Crippen LogP contribution in [0.3, 0.4) is 0 Å². The van der Waals surface area contributed by atoms with Crippen LogP contribution >= 0.6 is 24.8 Å². The molecule has 0 aromatic carbocycles. The summed E-state index contributed by atoms with van der Waals surface area (Å²) in [4.78, 5) is 17.0. The lowest BCUT2D eigenvalue weighted by molar-refractivity contribution is -0.135. The van der Waals surface area contributed by atoms with Crippen LogP contribution in [0.25, 0.3) is 0 Å². The van der Waals surface area contributed by atoms with E-state index in [1.807, 2.05) is 34.3 Å². The molecule has 0 unspecified atom stereocenters. The number of halogens is 2. The summed E-state index contributed by atoms with van der Waals surface area (Å²) in [5.41, 5.74) is 0.898. The number of allylic oxidation sites excluding steroid dienone is 2. The van der Waals surface area contributed by atoms with Crippen LogP contribution in [0.4, 0.5) is 0 Å². The molecule has 0 aromatic heterocycles. The zero-order valence-electron chi connectivity index (χ0n) is 13.8. The lowest BCUT2D eigenvalue weighted by Crippen LogP contribution is -2.57. The van der Waals surface area contributed by atoms with E-state index in [9.17, 15) is 4.79 Å². The van der Waals surface area contributed by atoms with Crippen molar-refractivity contribution in [3.05, 3.63) is 11.6 Å². The Morgan fingerprint density at radius 2 is 1.45 bits per heavy atom. The third kappa shape index (κ3) is 4.45. The highest BCUT2D eigenvalue weighted by Crippen LogP contribution is 2.48. The van der Waals surface area contributed by atoms with E-state index >= 15 is 0 Å². The van der Waals surface area contributed by atoms with Crippen LogP contribution in [0, 0.1) is 10.8 Å². The van der Waals surface area contributed by atoms with Crippen molar-refractivity contribution in [3.63, 3.8) is 0 Å². The highest BCUT2D eigenvalue weighted by molar-refractivity contribution is 5.97. The molecular formula is C15H30Cl2N2O. The molecule has 0 bridgehead atoms. The molecule has 0 aliphatic heterocycles. The molecule has 0 spiro atoms. The van der Waals surface area contributed by atoms with Gasteiger partial charge in [-0.15, -0.1) is 24.8 Å². The van der Waals surface area contributed by atoms with Gasteiger partial charge in [0.25, 0.3) is 0 Å². The molecule has 0 atom stereocenters. The summed E-state index contributed by atoms with van der Waals surface area (Å²) in [7, 11) is 8.19. The number of hydrogen-bond donors (Lipinski definition) is 0. The topological polar surface area (TPSA) is 23.6 Å². The zero-order chi connectivity index (χ0) is 14.1. The summed E-state index contributed by atoms with van der Waals surface area (Å²) in [5.74, 6) is 0.290. The summed E-state index contributed by atoms with van der Waals surface area (Å²) < 4.78 is 0. The van der Waals surface area contributed by atoms with Crippen molar-refractivity contribution in [1.29, 1.82) is 0 Å². The van der Waals surface area contributed by atoms with Gasteiger partial charge >= 0.3 is 0 Å². The number of hydrogen-bond acceptors (Lipinski definition) is 3. The van der Waals surface area contributed by atoms with Gasteiger partial charge in [-0.05, 0) is 53.0 Å². The minimum Gasteiger partial charge on any atom is -0.308 e. The second-order valence-corrected chi connectivity index (χ2v) is 6.97. The zero-order valence-corrected chi connectivity index (χ0v) is 15.5. The van der Waals surface area contributed by atoms with Gasteiger partial charge in [0.2, 0.25) is 0 Å². The minimum atomic E-state index is -0.306. The van der Waals surface area contributed by atoms with E-state index in [4.69, 9.17) is 0 Å². The van der Waals surface area contributed by atoms with Crippen LogP contribution in [0.15, 0.2) is 11.6 Å². The maximum absolute atomic E-state index is 12.7. The van der Waals surface area contributed by atoms with E-state index in [0.717, 1.165) is 19.5 Å². The quantitative estimate of drug-likeness (QED) is 0.794. The number of nitrogens with zero attached hydrogens (tertiary/aromatic N) is 2. The normalized spacial score (nSPS) is 20.2. The van der Waals surface area contributed by atoms with Gasteiger partial charge in [-0.2, -0.15) is 0 Å². The molecule has 0 aromatic rings. The molecule has 1 aliphatic rings. The smallest absolute Gasteiger partial charge is 0.164 e. The second-order valence-electron chi connectivity index (χ2n) is 6.97. The van der Waals surface area contributed by atoms with Crippen molar-refractivity contribution in [1.82, 2.24) is 9.80 Å². The van der Waals surface area contributed by atoms with E-state index in [0.29, 0.717) is 5.78 Å². The minimum absolute atomic E-state index is 0. The molecule has 0 saturated carbocycles. The predicted octanol–water partition coefficient (Wildman–Crippen LogP) is 2.88. The molecule has 1 rings (SSSR count). The maximum atomic E-state index is 12.7. The molecule has 5 heteroatoms. The fourth-order valence-electron chi connectivity index (χ4n) is 3.33. The largest absolute Gasteiger partial charge is 0.308 e. The van der Waals surface area contributed by atoms with Crippen molar-refractivity contribution in [2.45, 2.75) is 27.2 Å². The van der Waals surface area contributed by atoms with Crippen molar-refractivity contribution in [2.75, 3.05) is 41.3 Å². The third-order valence-corrected chi connectivity index (χ3v) is 4.04. The molecule has 0 saturated heterocycles. The van der Waals surface area contributed by atoms with E-state index < -0.39 is 0 Å². The van der Waals surface area contributed by atoms with Crippen molar-refractivity contribution < 1.29 is 4.79 Å². The SMILES string of the molecule is CC1=CC(=O)C(CN(C)C)(CN(C)C)C(C)(C)C1.Cl.Cl. The Kier molecular flexibility index (Phi) is 8.64. The average Bonchev–Trinajstić information content (AvgIpc) is 2.11. The van der Waals surface area contributed by atoms with Crippen LogP contribution in [0.2, 0.25) is 0 Å². The molecule has 20 heavy (non-hydrogen) atoms. The van der Waals surface area contributed by atoms with Gasteiger partial charge in [0.05, 0.1) is 5.41 Å². The number of rotatable bonds is 4. The average molecular weight is 325 g/mol. The summed E-state index contributed by atoms with van der Waals surface area (Å²) in [6.07, 6.45) is 2.86. The van der Waals surface area contributed by atoms with Crippen LogP contribution in [-0.2, 0) is 4.79 Å². The fourth-order valence-corrected chi connectivity index (χ4v) is 3.33. The van der Waals surface area contributed by atoms with Gasteiger partial charge in [0, 0.05) is 13.1 Å². The number of carbonyl (C=O) groups is 1. The molecule has 0 amide bonds. The van der Waals surface area contributed by atoms with E-state index in [1.165, 1.54) is 5.57 Å². The summed E-state index contributed by atoms with van der Waals surface area (Å²) in [6, 6.07) is 0. The molecule has 0 radical (unpaired) electrons. The van der Waals surface area contributed by atoms with E-state index in [1.54, 1.807) is 0 Å². The first-order valence-corrected chi connectivity index (χ1v) is 6.62. The first kappa shape index (κ1) is 22.2. The van der Waals surface area contributed by atoms with Gasteiger partial charge in [-0.3, -0.25) is 4.79 Å². The molecule has 120 valence electrons. The van der Waals surface area contributed by atoms with E-state index in [2.05, 4.69) is 30.6 Å². The number of carbonyl (C=O) groups excluding carboxylic acids is 1. The van der Waals surface area contributed by atoms with Gasteiger partial charge in [-0.1, -0.05) is 19.4 Å².